The molecule has 0 spiro atoms. The van der Waals surface area contributed by atoms with Gasteiger partial charge in [-0.15, -0.1) is 0 Å². The smallest absolute Gasteiger partial charge is 0.128 e. The number of aliphatic hydroxyl groups excluding tert-OH is 1. The molecule has 0 amide bonds. The van der Waals surface area contributed by atoms with Gasteiger partial charge in [0, 0.05) is 42.8 Å². The van der Waals surface area contributed by atoms with Crippen molar-refractivity contribution in [2.45, 2.75) is 26.5 Å². The lowest BCUT2D eigenvalue weighted by Crippen LogP contribution is -2.43. The highest BCUT2D eigenvalue weighted by molar-refractivity contribution is 6.35. The van der Waals surface area contributed by atoms with Crippen LogP contribution in [0.25, 0.3) is 28.2 Å². The molecule has 0 bridgehead atoms. The molecule has 3 N–H and O–H groups in total. The third-order valence-electron chi connectivity index (χ3n) is 5.80. The summed E-state index contributed by atoms with van der Waals surface area (Å²) in [5, 5.41) is 10.9. The average molecular weight is 513 g/mol. The number of rotatable bonds is 5. The zero-order valence-corrected chi connectivity index (χ0v) is 22.3. The minimum absolute atomic E-state index is 0.181. The first-order valence-corrected chi connectivity index (χ1v) is 12.5. The van der Waals surface area contributed by atoms with Crippen molar-refractivity contribution in [2.75, 3.05) is 39.9 Å². The molecule has 1 aliphatic rings. The number of hydrogen-bond donors (Lipinski definition) is 2. The van der Waals surface area contributed by atoms with E-state index in [-0.39, 0.29) is 6.67 Å². The maximum Gasteiger partial charge on any atom is 0.128 e. The van der Waals surface area contributed by atoms with Gasteiger partial charge in [0.25, 0.3) is 0 Å². The Bertz CT molecular complexity index is 1120. The number of piperazine rings is 1. The number of hydrogen-bond acceptors (Lipinski definition) is 5. The van der Waals surface area contributed by atoms with Crippen LogP contribution in [0.5, 0.6) is 0 Å². The van der Waals surface area contributed by atoms with E-state index in [9.17, 15) is 9.50 Å². The second kappa shape index (κ2) is 14.7. The molecular weight excluding hydrogens is 475 g/mol. The van der Waals surface area contributed by atoms with Gasteiger partial charge in [-0.1, -0.05) is 74.2 Å². The molecule has 194 valence electrons. The topological polar surface area (TPSA) is 65.6 Å². The van der Waals surface area contributed by atoms with Crippen LogP contribution in [0.15, 0.2) is 67.4 Å². The van der Waals surface area contributed by atoms with E-state index < -0.39 is 6.23 Å². The summed E-state index contributed by atoms with van der Waals surface area (Å²) in [6.07, 6.45) is 1.46. The van der Waals surface area contributed by atoms with Gasteiger partial charge in [0.2, 0.25) is 0 Å². The summed E-state index contributed by atoms with van der Waals surface area (Å²) in [4.78, 5) is 9.34. The van der Waals surface area contributed by atoms with Crippen molar-refractivity contribution in [1.82, 2.24) is 14.8 Å². The molecule has 2 heterocycles. The number of nitrogens with two attached hydrogens (primary N) is 1. The third kappa shape index (κ3) is 8.71. The number of nitrogens with zero attached hydrogens (tertiary/aromatic N) is 3. The Morgan fingerprint density at radius 1 is 1.17 bits per heavy atom. The second-order valence-electron chi connectivity index (χ2n) is 8.75. The monoisotopic (exact) mass is 512 g/mol. The van der Waals surface area contributed by atoms with E-state index in [2.05, 4.69) is 41.9 Å². The quantitative estimate of drug-likeness (QED) is 0.394. The summed E-state index contributed by atoms with van der Waals surface area (Å²) in [5.74, 6) is 0. The molecule has 0 saturated carbocycles. The van der Waals surface area contributed by atoms with Gasteiger partial charge in [0.1, 0.15) is 6.23 Å². The van der Waals surface area contributed by atoms with E-state index in [1.165, 1.54) is 18.8 Å². The SMILES string of the molecule is C=C(C)N1CCN(C)CC1.C=Cc1ccc2c(Cl)cc(-c3ccc(C(N)O)cc3)nc2c1.CCCF. The Labute approximate surface area is 219 Å². The molecular formula is C29H38ClFN4O. The van der Waals surface area contributed by atoms with Crippen LogP contribution in [0.4, 0.5) is 4.39 Å². The third-order valence-corrected chi connectivity index (χ3v) is 6.11. The number of allylic oxidation sites excluding steroid dienone is 1. The van der Waals surface area contributed by atoms with Crippen molar-refractivity contribution < 1.29 is 9.50 Å². The Balaban J connectivity index is 0.000000270. The second-order valence-corrected chi connectivity index (χ2v) is 9.16. The van der Waals surface area contributed by atoms with Crippen LogP contribution < -0.4 is 5.73 Å². The van der Waals surface area contributed by atoms with Gasteiger partial charge in [-0.2, -0.15) is 0 Å². The number of likely N-dealkylation sites (N-methyl/N-ethyl adjacent to an activating group) is 1. The van der Waals surface area contributed by atoms with Crippen molar-refractivity contribution in [3.63, 3.8) is 0 Å². The maximum atomic E-state index is 10.7. The summed E-state index contributed by atoms with van der Waals surface area (Å²) in [6.45, 7) is 16.0. The van der Waals surface area contributed by atoms with Crippen LogP contribution in [-0.4, -0.2) is 59.8 Å². The Morgan fingerprint density at radius 3 is 2.28 bits per heavy atom. The predicted molar refractivity (Wildman–Crippen MR) is 152 cm³/mol. The average Bonchev–Trinajstić information content (AvgIpc) is 2.89. The lowest BCUT2D eigenvalue weighted by Gasteiger charge is -2.33. The summed E-state index contributed by atoms with van der Waals surface area (Å²) in [5.41, 5.74) is 10.8. The molecule has 7 heteroatoms. The summed E-state index contributed by atoms with van der Waals surface area (Å²) < 4.78 is 10.7. The van der Waals surface area contributed by atoms with Gasteiger partial charge in [-0.25, -0.2) is 4.98 Å². The van der Waals surface area contributed by atoms with Crippen LogP contribution >= 0.6 is 11.6 Å². The van der Waals surface area contributed by atoms with Crippen molar-refractivity contribution >= 4 is 28.6 Å². The molecule has 3 aromatic rings. The van der Waals surface area contributed by atoms with Crippen molar-refractivity contribution in [3.8, 4) is 11.3 Å². The predicted octanol–water partition coefficient (Wildman–Crippen LogP) is 6.28. The van der Waals surface area contributed by atoms with Crippen molar-refractivity contribution in [1.29, 1.82) is 0 Å². The van der Waals surface area contributed by atoms with E-state index in [0.29, 0.717) is 17.0 Å². The zero-order chi connectivity index (χ0) is 26.7. The lowest BCUT2D eigenvalue weighted by atomic mass is 10.1. The van der Waals surface area contributed by atoms with Gasteiger partial charge in [0.15, 0.2) is 0 Å². The zero-order valence-electron chi connectivity index (χ0n) is 21.6. The number of fused-ring (bicyclic) bond motifs is 1. The van der Waals surface area contributed by atoms with Crippen molar-refractivity contribution in [3.05, 3.63) is 83.5 Å². The number of aliphatic hydroxyl groups is 1. The first-order chi connectivity index (χ1) is 17.2. The summed E-state index contributed by atoms with van der Waals surface area (Å²) >= 11 is 6.36. The standard InChI is InChI=1S/C18H15ClN2O.C8H16N2.C3H7F/c1-2-11-3-8-14-15(19)10-16(21-17(14)9-11)12-4-6-13(7-5-12)18(20)22;1-8(2)10-6-4-9(3)5-7-10;1-2-3-4/h2-10,18,22H,1,20H2;1,4-7H2,2-3H3;2-3H2,1H3. The number of halogens is 2. The Kier molecular flexibility index (Phi) is 12.0. The number of pyridine rings is 1. The molecule has 1 atom stereocenters. The first-order valence-electron chi connectivity index (χ1n) is 12.1. The number of alkyl halides is 1. The summed E-state index contributed by atoms with van der Waals surface area (Å²) in [6, 6.07) is 15.0. The fraction of sp³-hybridized carbons (Fsp3) is 0.345. The van der Waals surface area contributed by atoms with Crippen LogP contribution in [0, 0.1) is 0 Å². The minimum Gasteiger partial charge on any atom is -0.375 e. The highest BCUT2D eigenvalue weighted by atomic mass is 35.5. The van der Waals surface area contributed by atoms with E-state index in [0.717, 1.165) is 40.8 Å². The van der Waals surface area contributed by atoms with Gasteiger partial charge in [-0.05, 0) is 43.7 Å². The molecule has 1 aliphatic heterocycles. The Morgan fingerprint density at radius 2 is 1.78 bits per heavy atom. The molecule has 0 aliphatic carbocycles. The fourth-order valence-electron chi connectivity index (χ4n) is 3.52. The number of aromatic nitrogens is 1. The molecule has 4 rings (SSSR count). The molecule has 5 nitrogen and oxygen atoms in total. The fourth-order valence-corrected chi connectivity index (χ4v) is 3.78. The molecule has 1 unspecified atom stereocenters. The first kappa shape index (κ1) is 29.5. The largest absolute Gasteiger partial charge is 0.375 e. The molecule has 1 aromatic heterocycles. The molecule has 1 saturated heterocycles. The molecule has 36 heavy (non-hydrogen) atoms. The van der Waals surface area contributed by atoms with Gasteiger partial charge in [0.05, 0.1) is 22.9 Å². The molecule has 1 fully saturated rings. The van der Waals surface area contributed by atoms with E-state index in [1.54, 1.807) is 25.1 Å². The van der Waals surface area contributed by atoms with Crippen LogP contribution in [-0.2, 0) is 0 Å². The van der Waals surface area contributed by atoms with Gasteiger partial charge < -0.3 is 20.6 Å². The number of benzene rings is 2. The van der Waals surface area contributed by atoms with E-state index >= 15 is 0 Å². The minimum atomic E-state index is -0.975. The highest BCUT2D eigenvalue weighted by Gasteiger charge is 2.12. The van der Waals surface area contributed by atoms with Gasteiger partial charge in [-0.3, -0.25) is 4.39 Å². The maximum absolute atomic E-state index is 10.7. The van der Waals surface area contributed by atoms with Gasteiger partial charge >= 0.3 is 0 Å². The van der Waals surface area contributed by atoms with Crippen LogP contribution in [0.3, 0.4) is 0 Å². The van der Waals surface area contributed by atoms with Crippen LogP contribution in [0.2, 0.25) is 5.02 Å². The van der Waals surface area contributed by atoms with Crippen LogP contribution in [0.1, 0.15) is 37.6 Å². The van der Waals surface area contributed by atoms with E-state index in [4.69, 9.17) is 17.3 Å². The lowest BCUT2D eigenvalue weighted by molar-refractivity contribution is 0.186. The normalized spacial score (nSPS) is 14.2. The molecule has 2 aromatic carbocycles. The Hall–Kier alpha value is -2.77. The molecule has 0 radical (unpaired) electrons. The summed E-state index contributed by atoms with van der Waals surface area (Å²) in [7, 11) is 2.16. The highest BCUT2D eigenvalue weighted by Crippen LogP contribution is 2.29. The van der Waals surface area contributed by atoms with Crippen molar-refractivity contribution in [2.24, 2.45) is 5.73 Å². The van der Waals surface area contributed by atoms with E-state index in [1.807, 2.05) is 36.4 Å².